The third-order valence-corrected chi connectivity index (χ3v) is 12.1. The first-order valence-corrected chi connectivity index (χ1v) is 20.3. The van der Waals surface area contributed by atoms with Crippen molar-refractivity contribution in [2.45, 2.75) is 108 Å². The Labute approximate surface area is 351 Å². The summed E-state index contributed by atoms with van der Waals surface area (Å²) in [4.78, 5) is 38.5. The number of rotatable bonds is 15. The van der Waals surface area contributed by atoms with Gasteiger partial charge in [-0.3, -0.25) is 14.3 Å². The van der Waals surface area contributed by atoms with Crippen LogP contribution < -0.4 is 10.2 Å². The number of amides is 2. The Morgan fingerprint density at radius 2 is 1.77 bits per heavy atom. The average molecular weight is 876 g/mol. The first-order chi connectivity index (χ1) is 28.8. The van der Waals surface area contributed by atoms with Gasteiger partial charge in [0.15, 0.2) is 5.82 Å². The minimum absolute atomic E-state index is 0.0122. The molecule has 2 aromatic carbocycles. The van der Waals surface area contributed by atoms with E-state index in [1.807, 2.05) is 6.92 Å². The SMILES string of the molecule is C=Nc1nc(C2CCC(F)(F)CC2)ccc1C(=O)N(CC(Cc1cc(F)cc(F)c1)NC(=O)Cn1nc(C(F)F)c2c1C(F)(F)C1CC21)c1ccc(Cl)c(C(=N)CCC)c1C. The smallest absolute Gasteiger partial charge is 0.293 e. The molecule has 2 N–H and O–H groups in total. The highest BCUT2D eigenvalue weighted by Crippen LogP contribution is 2.68. The fourth-order valence-corrected chi connectivity index (χ4v) is 9.16. The van der Waals surface area contributed by atoms with Gasteiger partial charge in [-0.1, -0.05) is 24.9 Å². The minimum atomic E-state index is -3.51. The van der Waals surface area contributed by atoms with Gasteiger partial charge >= 0.3 is 0 Å². The van der Waals surface area contributed by atoms with Crippen LogP contribution in [0.15, 0.2) is 47.5 Å². The van der Waals surface area contributed by atoms with Gasteiger partial charge in [0.25, 0.3) is 18.3 Å². The largest absolute Gasteiger partial charge is 0.350 e. The molecule has 2 fully saturated rings. The zero-order valence-electron chi connectivity index (χ0n) is 33.2. The molecule has 3 aliphatic carbocycles. The van der Waals surface area contributed by atoms with Crippen LogP contribution in [0.3, 0.4) is 0 Å². The molecule has 2 saturated carbocycles. The molecule has 0 radical (unpaired) electrons. The number of halogens is 9. The Bertz CT molecular complexity index is 2380. The lowest BCUT2D eigenvalue weighted by Gasteiger charge is -2.31. The summed E-state index contributed by atoms with van der Waals surface area (Å²) >= 11 is 6.61. The second kappa shape index (κ2) is 16.9. The second-order valence-electron chi connectivity index (χ2n) is 16.0. The maximum atomic E-state index is 15.4. The van der Waals surface area contributed by atoms with Crippen molar-refractivity contribution in [3.8, 4) is 0 Å². The van der Waals surface area contributed by atoms with Crippen molar-refractivity contribution in [1.82, 2.24) is 20.1 Å². The van der Waals surface area contributed by atoms with E-state index in [1.165, 1.54) is 29.2 Å². The summed E-state index contributed by atoms with van der Waals surface area (Å²) in [5.74, 6) is -12.4. The van der Waals surface area contributed by atoms with Crippen LogP contribution in [-0.4, -0.2) is 57.5 Å². The lowest BCUT2D eigenvalue weighted by molar-refractivity contribution is -0.122. The zero-order valence-corrected chi connectivity index (χ0v) is 33.9. The van der Waals surface area contributed by atoms with Crippen molar-refractivity contribution < 1.29 is 44.7 Å². The number of aromatic nitrogens is 3. The number of anilines is 1. The Hall–Kier alpha value is -5.19. The van der Waals surface area contributed by atoms with Gasteiger partial charge in [-0.05, 0) is 99.2 Å². The highest BCUT2D eigenvalue weighted by molar-refractivity contribution is 6.34. The van der Waals surface area contributed by atoms with Crippen molar-refractivity contribution in [3.05, 3.63) is 104 Å². The Kier molecular flexibility index (Phi) is 12.2. The number of hydrogen-bond donors (Lipinski definition) is 2. The summed E-state index contributed by atoms with van der Waals surface area (Å²) in [6, 6.07) is 7.38. The van der Waals surface area contributed by atoms with E-state index in [2.05, 4.69) is 27.1 Å². The summed E-state index contributed by atoms with van der Waals surface area (Å²) in [6.45, 7) is 5.71. The summed E-state index contributed by atoms with van der Waals surface area (Å²) in [6.07, 6.45) is -2.94. The van der Waals surface area contributed by atoms with Gasteiger partial charge in [-0.2, -0.15) is 13.9 Å². The maximum absolute atomic E-state index is 15.4. The maximum Gasteiger partial charge on any atom is 0.293 e. The zero-order chi connectivity index (χ0) is 44.1. The molecule has 2 heterocycles. The Morgan fingerprint density at radius 3 is 2.41 bits per heavy atom. The van der Waals surface area contributed by atoms with Crippen molar-refractivity contribution in [2.24, 2.45) is 10.9 Å². The highest BCUT2D eigenvalue weighted by Gasteiger charge is 2.67. The molecule has 0 saturated heterocycles. The summed E-state index contributed by atoms with van der Waals surface area (Å²) in [5, 5.41) is 15.4. The molecular weight excluding hydrogens is 834 g/mol. The molecule has 3 unspecified atom stereocenters. The lowest BCUT2D eigenvalue weighted by Crippen LogP contribution is -2.48. The molecule has 324 valence electrons. The highest BCUT2D eigenvalue weighted by atomic mass is 35.5. The average Bonchev–Trinajstić information content (AvgIpc) is 3.84. The van der Waals surface area contributed by atoms with Crippen LogP contribution in [0.1, 0.15) is 120 Å². The number of nitrogens with one attached hydrogen (secondary N) is 2. The van der Waals surface area contributed by atoms with Crippen molar-refractivity contribution in [3.63, 3.8) is 0 Å². The minimum Gasteiger partial charge on any atom is -0.350 e. The van der Waals surface area contributed by atoms with E-state index in [-0.39, 0.29) is 83.4 Å². The van der Waals surface area contributed by atoms with Gasteiger partial charge in [0.05, 0.1) is 16.6 Å². The predicted molar refractivity (Wildman–Crippen MR) is 213 cm³/mol. The molecule has 3 aliphatic rings. The van der Waals surface area contributed by atoms with Crippen LogP contribution in [0.2, 0.25) is 5.02 Å². The number of pyridine rings is 1. The number of carbonyl (C=O) groups is 2. The molecule has 3 atom stereocenters. The molecule has 2 amide bonds. The number of carbonyl (C=O) groups excluding carboxylic acids is 2. The van der Waals surface area contributed by atoms with Gasteiger partial charge in [-0.25, -0.2) is 36.3 Å². The number of hydrogen-bond acceptors (Lipinski definition) is 6. The number of alkyl halides is 6. The molecule has 0 spiro atoms. The third kappa shape index (κ3) is 8.80. The van der Waals surface area contributed by atoms with Gasteiger partial charge in [-0.15, -0.1) is 0 Å². The fourth-order valence-electron chi connectivity index (χ4n) is 8.84. The lowest BCUT2D eigenvalue weighted by atomic mass is 9.84. The molecule has 4 aromatic rings. The van der Waals surface area contributed by atoms with Crippen LogP contribution in [-0.2, 0) is 23.7 Å². The first-order valence-electron chi connectivity index (χ1n) is 19.9. The molecule has 18 heteroatoms. The monoisotopic (exact) mass is 875 g/mol. The van der Waals surface area contributed by atoms with E-state index in [9.17, 15) is 35.9 Å². The van der Waals surface area contributed by atoms with E-state index in [4.69, 9.17) is 17.0 Å². The van der Waals surface area contributed by atoms with Crippen molar-refractivity contribution in [2.75, 3.05) is 11.4 Å². The van der Waals surface area contributed by atoms with E-state index in [1.54, 1.807) is 6.92 Å². The van der Waals surface area contributed by atoms with Crippen molar-refractivity contribution >= 4 is 47.3 Å². The number of benzene rings is 2. The van der Waals surface area contributed by atoms with Crippen LogP contribution in [0.5, 0.6) is 0 Å². The van der Waals surface area contributed by atoms with E-state index in [0.29, 0.717) is 40.4 Å². The molecule has 7 rings (SSSR count). The van der Waals surface area contributed by atoms with Crippen molar-refractivity contribution in [1.29, 1.82) is 5.41 Å². The molecule has 0 aliphatic heterocycles. The van der Waals surface area contributed by atoms with Crippen LogP contribution >= 0.6 is 11.6 Å². The first kappa shape index (κ1) is 43.9. The van der Waals surface area contributed by atoms with Crippen LogP contribution in [0.25, 0.3) is 0 Å². The summed E-state index contributed by atoms with van der Waals surface area (Å²) < 4.78 is 117. The number of nitrogens with zero attached hydrogens (tertiary/aromatic N) is 5. The van der Waals surface area contributed by atoms with E-state index in [0.717, 1.165) is 12.1 Å². The van der Waals surface area contributed by atoms with E-state index < -0.39 is 84.1 Å². The quantitative estimate of drug-likeness (QED) is 0.0914. The standard InChI is InChI=1S/C43H42ClF8N7O2/c1-4-5-31(53)35-21(2)33(9-7-30(35)44)58(41(61)27-6-8-32(56-40(27)54-3)23-10-12-42(49,50)13-11-23)19-26(16-22-14-24(45)17-25(46)15-22)55-34(60)20-59-38-36(37(57-59)39(47)48)28-18-29(28)43(38,51)52/h6-9,14-15,17,23,26,28-29,39,53H,3-5,10-13,16,18-20H2,1-2H3,(H,55,60). The summed E-state index contributed by atoms with van der Waals surface area (Å²) in [5.41, 5.74) is -0.391. The Morgan fingerprint density at radius 1 is 1.08 bits per heavy atom. The summed E-state index contributed by atoms with van der Waals surface area (Å²) in [7, 11) is 0. The molecule has 61 heavy (non-hydrogen) atoms. The molecular formula is C43H42ClF8N7O2. The predicted octanol–water partition coefficient (Wildman–Crippen LogP) is 10.5. The van der Waals surface area contributed by atoms with Gasteiger partial charge in [0.2, 0.25) is 11.8 Å². The van der Waals surface area contributed by atoms with Gasteiger partial charge in [0, 0.05) is 65.5 Å². The molecule has 0 bridgehead atoms. The van der Waals surface area contributed by atoms with Crippen LogP contribution in [0, 0.1) is 29.9 Å². The number of aliphatic imine (C=N–C) groups is 1. The van der Waals surface area contributed by atoms with Gasteiger partial charge in [0.1, 0.15) is 29.6 Å². The fraction of sp³-hybridized carbons (Fsp3) is 0.442. The van der Waals surface area contributed by atoms with Crippen LogP contribution in [0.4, 0.5) is 46.6 Å². The topological polar surface area (TPSA) is 116 Å². The second-order valence-corrected chi connectivity index (χ2v) is 16.4. The molecule has 2 aromatic heterocycles. The normalized spacial score (nSPS) is 19.3. The van der Waals surface area contributed by atoms with Gasteiger partial charge < -0.3 is 15.6 Å². The number of fused-ring (bicyclic) bond motifs is 3. The van der Waals surface area contributed by atoms with E-state index >= 15 is 8.78 Å². The third-order valence-electron chi connectivity index (χ3n) is 11.8. The Balaban J connectivity index is 1.28. The molecule has 9 nitrogen and oxygen atoms in total.